The Morgan fingerprint density at radius 1 is 0.872 bits per heavy atom. The van der Waals surface area contributed by atoms with Crippen LogP contribution in [0.25, 0.3) is 22.4 Å². The normalized spacial score (nSPS) is 17.5. The van der Waals surface area contributed by atoms with E-state index < -0.39 is 28.7 Å². The Morgan fingerprint density at radius 2 is 1.56 bits per heavy atom. The zero-order valence-electron chi connectivity index (χ0n) is 21.1. The van der Waals surface area contributed by atoms with Crippen molar-refractivity contribution in [2.45, 2.75) is 44.3 Å². The van der Waals surface area contributed by atoms with Crippen LogP contribution in [0.4, 0.5) is 29.1 Å². The van der Waals surface area contributed by atoms with E-state index in [9.17, 15) is 26.0 Å². The van der Waals surface area contributed by atoms with Crippen LogP contribution in [0.15, 0.2) is 48.5 Å². The summed E-state index contributed by atoms with van der Waals surface area (Å²) in [6, 6.07) is 11.8. The predicted octanol–water partition coefficient (Wildman–Crippen LogP) is 5.36. The quantitative estimate of drug-likeness (QED) is 0.311. The van der Waals surface area contributed by atoms with E-state index in [1.54, 1.807) is 18.2 Å². The zero-order chi connectivity index (χ0) is 27.6. The number of hydrogen-bond acceptors (Lipinski definition) is 6. The summed E-state index contributed by atoms with van der Waals surface area (Å²) in [7, 11) is -2.95. The van der Waals surface area contributed by atoms with E-state index in [0.29, 0.717) is 30.3 Å². The number of nitrogens with one attached hydrogen (secondary N) is 1. The molecule has 7 nitrogen and oxygen atoms in total. The molecule has 0 amide bonds. The van der Waals surface area contributed by atoms with Gasteiger partial charge in [0.1, 0.15) is 11.6 Å². The van der Waals surface area contributed by atoms with Crippen LogP contribution in [0.5, 0.6) is 0 Å². The van der Waals surface area contributed by atoms with Crippen LogP contribution < -0.4 is 9.62 Å². The Bertz CT molecular complexity index is 1380. The van der Waals surface area contributed by atoms with Gasteiger partial charge in [0.25, 0.3) is 0 Å². The van der Waals surface area contributed by atoms with Crippen molar-refractivity contribution >= 4 is 22.4 Å². The molecule has 2 saturated heterocycles. The van der Waals surface area contributed by atoms with E-state index in [1.165, 1.54) is 24.6 Å². The highest BCUT2D eigenvalue weighted by Crippen LogP contribution is 2.42. The second kappa shape index (κ2) is 11.5. The fourth-order valence-electron chi connectivity index (χ4n) is 5.46. The van der Waals surface area contributed by atoms with Crippen LogP contribution >= 0.6 is 0 Å². The molecule has 3 aromatic rings. The van der Waals surface area contributed by atoms with Crippen LogP contribution in [0, 0.1) is 5.82 Å². The Balaban J connectivity index is 1.63. The SMILES string of the molecule is O=[SH](=O)Nc1cccc(-c2c(-c3ccc(F)cc3)nc(C(F)(F)F)nc2N2CCC(N3CCCCC3)CC2)c1. The largest absolute Gasteiger partial charge is 0.451 e. The summed E-state index contributed by atoms with van der Waals surface area (Å²) in [4.78, 5) is 12.3. The molecule has 2 fully saturated rings. The molecular formula is C27H29F4N5O2S. The number of benzene rings is 2. The molecule has 12 heteroatoms. The van der Waals surface area contributed by atoms with Gasteiger partial charge in [-0.1, -0.05) is 18.6 Å². The number of likely N-dealkylation sites (tertiary alicyclic amines) is 1. The standard InChI is InChI=1S/C27H29F4N5O2S/c28-20-9-7-18(8-10-20)24-23(19-5-4-6-21(17-19)34-39(37)38)25(33-26(32-24)27(29,30)31)36-15-11-22(12-16-36)35-13-2-1-3-14-35/h4-10,17,22,39H,1-3,11-16H2,(H,34,37,38). The van der Waals surface area contributed by atoms with Crippen molar-refractivity contribution in [3.8, 4) is 22.4 Å². The summed E-state index contributed by atoms with van der Waals surface area (Å²) in [6.45, 7) is 3.10. The number of hydrogen-bond donors (Lipinski definition) is 2. The lowest BCUT2D eigenvalue weighted by Gasteiger charge is -2.41. The maximum atomic E-state index is 14.1. The second-order valence-corrected chi connectivity index (χ2v) is 10.6. The van der Waals surface area contributed by atoms with Gasteiger partial charge in [0, 0.05) is 30.4 Å². The first kappa shape index (κ1) is 27.3. The van der Waals surface area contributed by atoms with Crippen LogP contribution in [-0.4, -0.2) is 55.5 Å². The van der Waals surface area contributed by atoms with Gasteiger partial charge >= 0.3 is 6.18 Å². The minimum absolute atomic E-state index is 0.00543. The summed E-state index contributed by atoms with van der Waals surface area (Å²) >= 11 is 0. The van der Waals surface area contributed by atoms with E-state index in [0.717, 1.165) is 50.9 Å². The van der Waals surface area contributed by atoms with Gasteiger partial charge in [0.05, 0.1) is 11.3 Å². The summed E-state index contributed by atoms with van der Waals surface area (Å²) in [5.41, 5.74) is 1.31. The summed E-state index contributed by atoms with van der Waals surface area (Å²) in [5, 5.41) is 0. The molecule has 3 heterocycles. The fourth-order valence-corrected chi connectivity index (χ4v) is 5.81. The summed E-state index contributed by atoms with van der Waals surface area (Å²) in [5.74, 6) is -1.69. The van der Waals surface area contributed by atoms with Crippen LogP contribution in [0.3, 0.4) is 0 Å². The van der Waals surface area contributed by atoms with Crippen molar-refractivity contribution < 1.29 is 26.0 Å². The van der Waals surface area contributed by atoms with Crippen molar-refractivity contribution in [3.63, 3.8) is 0 Å². The third kappa shape index (κ3) is 6.33. The molecular weight excluding hydrogens is 534 g/mol. The van der Waals surface area contributed by atoms with E-state index >= 15 is 0 Å². The topological polar surface area (TPSA) is 78.4 Å². The Hall–Kier alpha value is -3.25. The van der Waals surface area contributed by atoms with E-state index in [4.69, 9.17) is 0 Å². The minimum Gasteiger partial charge on any atom is -0.356 e. The molecule has 0 aliphatic carbocycles. The van der Waals surface area contributed by atoms with Gasteiger partial charge in [0.15, 0.2) is 0 Å². The first-order chi connectivity index (χ1) is 18.7. The number of nitrogens with zero attached hydrogens (tertiary/aromatic N) is 4. The molecule has 2 aromatic carbocycles. The summed E-state index contributed by atoms with van der Waals surface area (Å²) < 4.78 is 80.8. The fraction of sp³-hybridized carbons (Fsp3) is 0.407. The molecule has 5 rings (SSSR count). The van der Waals surface area contributed by atoms with Gasteiger partial charge in [-0.3, -0.25) is 4.72 Å². The maximum absolute atomic E-state index is 14.1. The Morgan fingerprint density at radius 3 is 2.21 bits per heavy atom. The molecule has 1 aromatic heterocycles. The van der Waals surface area contributed by atoms with Crippen molar-refractivity contribution in [1.82, 2.24) is 14.9 Å². The van der Waals surface area contributed by atoms with E-state index in [-0.39, 0.29) is 22.8 Å². The van der Waals surface area contributed by atoms with Crippen molar-refractivity contribution in [2.75, 3.05) is 35.8 Å². The van der Waals surface area contributed by atoms with E-state index in [2.05, 4.69) is 19.6 Å². The van der Waals surface area contributed by atoms with Gasteiger partial charge in [0.2, 0.25) is 16.7 Å². The van der Waals surface area contributed by atoms with Crippen LogP contribution in [0.2, 0.25) is 0 Å². The number of anilines is 2. The number of piperidine rings is 2. The molecule has 39 heavy (non-hydrogen) atoms. The lowest BCUT2D eigenvalue weighted by Crippen LogP contribution is -2.47. The maximum Gasteiger partial charge on any atom is 0.451 e. The third-order valence-electron chi connectivity index (χ3n) is 7.30. The molecule has 208 valence electrons. The predicted molar refractivity (Wildman–Crippen MR) is 142 cm³/mol. The minimum atomic E-state index is -4.81. The lowest BCUT2D eigenvalue weighted by molar-refractivity contribution is -0.144. The number of thiol groups is 1. The first-order valence-electron chi connectivity index (χ1n) is 12.9. The molecule has 0 unspecified atom stereocenters. The van der Waals surface area contributed by atoms with Crippen molar-refractivity contribution in [1.29, 1.82) is 0 Å². The molecule has 0 bridgehead atoms. The smallest absolute Gasteiger partial charge is 0.356 e. The van der Waals surface area contributed by atoms with E-state index in [1.807, 2.05) is 4.90 Å². The number of halogens is 4. The monoisotopic (exact) mass is 563 g/mol. The van der Waals surface area contributed by atoms with Gasteiger partial charge in [-0.05, 0) is 80.7 Å². The second-order valence-electron chi connectivity index (χ2n) is 9.86. The number of alkyl halides is 3. The van der Waals surface area contributed by atoms with Gasteiger partial charge < -0.3 is 9.80 Å². The average molecular weight is 564 g/mol. The van der Waals surface area contributed by atoms with Crippen molar-refractivity contribution in [2.24, 2.45) is 0 Å². The highest BCUT2D eigenvalue weighted by Gasteiger charge is 2.38. The third-order valence-corrected chi connectivity index (χ3v) is 7.74. The molecule has 0 atom stereocenters. The zero-order valence-corrected chi connectivity index (χ0v) is 22.0. The highest BCUT2D eigenvalue weighted by atomic mass is 32.2. The summed E-state index contributed by atoms with van der Waals surface area (Å²) in [6.07, 6.45) is 0.306. The molecule has 2 aliphatic rings. The average Bonchev–Trinajstić information content (AvgIpc) is 2.93. The molecule has 2 aliphatic heterocycles. The van der Waals surface area contributed by atoms with Gasteiger partial charge in [-0.15, -0.1) is 0 Å². The lowest BCUT2D eigenvalue weighted by atomic mass is 9.96. The first-order valence-corrected chi connectivity index (χ1v) is 14.1. The Labute approximate surface area is 226 Å². The molecule has 0 saturated carbocycles. The number of rotatable bonds is 6. The number of aromatic nitrogens is 2. The molecule has 0 radical (unpaired) electrons. The van der Waals surface area contributed by atoms with Crippen LogP contribution in [-0.2, 0) is 17.1 Å². The molecule has 1 N–H and O–H groups in total. The van der Waals surface area contributed by atoms with Gasteiger partial charge in [-0.25, -0.2) is 22.8 Å². The highest BCUT2D eigenvalue weighted by molar-refractivity contribution is 7.73. The van der Waals surface area contributed by atoms with Crippen LogP contribution in [0.1, 0.15) is 37.9 Å². The van der Waals surface area contributed by atoms with Crippen molar-refractivity contribution in [3.05, 3.63) is 60.2 Å². The molecule has 0 spiro atoms. The Kier molecular flexibility index (Phi) is 8.03. The van der Waals surface area contributed by atoms with Gasteiger partial charge in [-0.2, -0.15) is 13.2 Å².